The number of nitrogens with one attached hydrogen (secondary N) is 1. The molecular weight excluding hydrogens is 916 g/mol. The molecule has 424 valence electrons. The van der Waals surface area contributed by atoms with Crippen LogP contribution in [0, 0.1) is 0 Å². The molecule has 0 fully saturated rings. The highest BCUT2D eigenvalue weighted by molar-refractivity contribution is 7.47. The largest absolute Gasteiger partial charge is 0.472 e. The van der Waals surface area contributed by atoms with Crippen LogP contribution < -0.4 is 5.32 Å². The summed E-state index contributed by atoms with van der Waals surface area (Å²) in [6, 6.07) is -0.846. The lowest BCUT2D eigenvalue weighted by Gasteiger charge is -2.27. The second-order valence-corrected chi connectivity index (χ2v) is 23.7. The molecule has 0 aliphatic rings. The van der Waals surface area contributed by atoms with Crippen molar-refractivity contribution >= 4 is 19.7 Å². The second kappa shape index (κ2) is 52.7. The Bertz CT molecular complexity index is 1330. The Labute approximate surface area is 446 Å². The summed E-state index contributed by atoms with van der Waals surface area (Å²) in [5, 5.41) is 3.06. The Morgan fingerprint density at radius 1 is 0.486 bits per heavy atom. The molecule has 0 aliphatic carbocycles. The van der Waals surface area contributed by atoms with Crippen molar-refractivity contribution in [3.8, 4) is 0 Å². The molecule has 2 N–H and O–H groups in total. The summed E-state index contributed by atoms with van der Waals surface area (Å²) in [5.74, 6) is -0.497. The maximum atomic E-state index is 13.5. The number of hydrogen-bond acceptors (Lipinski definition) is 6. The number of phosphoric acid groups is 1. The summed E-state index contributed by atoms with van der Waals surface area (Å²) >= 11 is 0. The molecule has 9 nitrogen and oxygen atoms in total. The number of phosphoric ester groups is 1. The predicted molar refractivity (Wildman–Crippen MR) is 309 cm³/mol. The molecule has 0 rings (SSSR count). The first-order valence-corrected chi connectivity index (χ1v) is 32.3. The van der Waals surface area contributed by atoms with Crippen molar-refractivity contribution in [3.05, 3.63) is 36.5 Å². The van der Waals surface area contributed by atoms with Gasteiger partial charge in [-0.25, -0.2) is 4.57 Å². The van der Waals surface area contributed by atoms with Gasteiger partial charge in [0.25, 0.3) is 0 Å². The summed E-state index contributed by atoms with van der Waals surface area (Å²) in [6.45, 7) is 7.02. The average Bonchev–Trinajstić information content (AvgIpc) is 3.34. The number of unbranched alkanes of at least 4 members (excludes halogenated alkanes) is 36. The number of amides is 1. The number of esters is 1. The average molecular weight is 1040 g/mol. The smallest absolute Gasteiger partial charge is 0.456 e. The van der Waals surface area contributed by atoms with Crippen LogP contribution >= 0.6 is 7.82 Å². The van der Waals surface area contributed by atoms with Gasteiger partial charge in [-0.1, -0.05) is 257 Å². The number of allylic oxidation sites excluding steroid dienone is 5. The summed E-state index contributed by atoms with van der Waals surface area (Å²) in [6.07, 6.45) is 62.7. The molecule has 0 aromatic heterocycles. The van der Waals surface area contributed by atoms with Crippen LogP contribution in [0.3, 0.4) is 0 Å². The zero-order valence-corrected chi connectivity index (χ0v) is 49.3. The number of carbonyl (C=O) groups excluding carboxylic acids is 2. The number of likely N-dealkylation sites (N-methyl/N-ethyl adjacent to an activating group) is 1. The maximum absolute atomic E-state index is 13.5. The first kappa shape index (κ1) is 70.2. The number of nitrogens with zero attached hydrogens (tertiary/aromatic N) is 1. The van der Waals surface area contributed by atoms with Gasteiger partial charge in [-0.2, -0.15) is 0 Å². The lowest BCUT2D eigenvalue weighted by Crippen LogP contribution is -2.47. The summed E-state index contributed by atoms with van der Waals surface area (Å²) in [5.41, 5.74) is 0. The van der Waals surface area contributed by atoms with Crippen LogP contribution in [0.25, 0.3) is 0 Å². The highest BCUT2D eigenvalue weighted by atomic mass is 31.2. The van der Waals surface area contributed by atoms with Crippen LogP contribution in [0.4, 0.5) is 0 Å². The predicted octanol–water partition coefficient (Wildman–Crippen LogP) is 18.7. The second-order valence-electron chi connectivity index (χ2n) is 22.2. The third kappa shape index (κ3) is 53.1. The van der Waals surface area contributed by atoms with Gasteiger partial charge in [-0.15, -0.1) is 0 Å². The van der Waals surface area contributed by atoms with Crippen LogP contribution in [-0.4, -0.2) is 74.3 Å². The number of carbonyl (C=O) groups is 2. The Morgan fingerprint density at radius 2 is 0.847 bits per heavy atom. The Kier molecular flexibility index (Phi) is 51.4. The molecule has 0 aliphatic heterocycles. The van der Waals surface area contributed by atoms with Crippen molar-refractivity contribution in [1.82, 2.24) is 5.32 Å². The minimum atomic E-state index is -4.44. The van der Waals surface area contributed by atoms with Crippen LogP contribution in [0.15, 0.2) is 36.5 Å². The normalized spacial score (nSPS) is 13.9. The van der Waals surface area contributed by atoms with Gasteiger partial charge in [0.1, 0.15) is 19.3 Å². The first-order valence-electron chi connectivity index (χ1n) is 30.8. The van der Waals surface area contributed by atoms with Crippen molar-refractivity contribution < 1.29 is 37.3 Å². The molecule has 0 aromatic rings. The Morgan fingerprint density at radius 3 is 1.28 bits per heavy atom. The number of ether oxygens (including phenoxy) is 1. The fraction of sp³-hybridized carbons (Fsp3) is 0.871. The van der Waals surface area contributed by atoms with Crippen molar-refractivity contribution in [2.24, 2.45) is 0 Å². The minimum absolute atomic E-state index is 0.0416. The fourth-order valence-electron chi connectivity index (χ4n) is 9.03. The van der Waals surface area contributed by atoms with Crippen molar-refractivity contribution in [2.45, 2.75) is 309 Å². The van der Waals surface area contributed by atoms with E-state index in [1.54, 1.807) is 0 Å². The number of quaternary nitrogens is 1. The van der Waals surface area contributed by atoms with Crippen molar-refractivity contribution in [2.75, 3.05) is 40.9 Å². The molecule has 0 heterocycles. The SMILES string of the molecule is CCCCC/C=C\C/C=C\CCCCCCCCCCCC(=O)NC(COP(=O)(O)OCC[N+](C)(C)C)C(/C=C\CCCCCCCCCCCCC)OC(=O)CCCCCCCCCCCCCCCC. The molecule has 0 saturated carbocycles. The standard InChI is InChI=1S/C62H119N2O7P/c1-7-10-13-16-19-22-25-28-30-31-32-33-34-36-39-42-45-48-51-54-61(65)63-59(58-70-72(67,68)69-57-56-64(4,5)6)60(53-50-47-44-41-38-35-27-24-21-18-15-12-9-3)71-62(66)55-52-49-46-43-40-37-29-26-23-20-17-14-11-8-2/h19,22,28,30,50,53,59-60H,7-18,20-21,23-27,29,31-49,51-52,54-58H2,1-6H3,(H-,63,65,67,68)/p+1/b22-19-,30-28-,53-50-. The molecule has 1 amide bonds. The van der Waals surface area contributed by atoms with Gasteiger partial charge in [0.2, 0.25) is 5.91 Å². The monoisotopic (exact) mass is 1040 g/mol. The molecule has 72 heavy (non-hydrogen) atoms. The summed E-state index contributed by atoms with van der Waals surface area (Å²) in [4.78, 5) is 37.7. The zero-order valence-electron chi connectivity index (χ0n) is 48.4. The number of rotatable bonds is 56. The number of hydrogen-bond donors (Lipinski definition) is 2. The highest BCUT2D eigenvalue weighted by Gasteiger charge is 2.30. The van der Waals surface area contributed by atoms with Gasteiger partial charge in [-0.05, 0) is 63.9 Å². The molecule has 0 bridgehead atoms. The highest BCUT2D eigenvalue weighted by Crippen LogP contribution is 2.43. The third-order valence-electron chi connectivity index (χ3n) is 13.8. The maximum Gasteiger partial charge on any atom is 0.472 e. The lowest BCUT2D eigenvalue weighted by atomic mass is 10.0. The molecule has 3 atom stereocenters. The van der Waals surface area contributed by atoms with E-state index in [-0.39, 0.29) is 25.1 Å². The van der Waals surface area contributed by atoms with E-state index < -0.39 is 20.0 Å². The molecule has 10 heteroatoms. The van der Waals surface area contributed by atoms with E-state index in [0.717, 1.165) is 64.2 Å². The topological polar surface area (TPSA) is 111 Å². The quantitative estimate of drug-likeness (QED) is 0.0205. The van der Waals surface area contributed by atoms with E-state index in [2.05, 4.69) is 50.4 Å². The molecule has 0 aromatic carbocycles. The van der Waals surface area contributed by atoms with Crippen LogP contribution in [0.5, 0.6) is 0 Å². The van der Waals surface area contributed by atoms with Gasteiger partial charge in [0, 0.05) is 12.8 Å². The van der Waals surface area contributed by atoms with Crippen molar-refractivity contribution in [1.29, 1.82) is 0 Å². The zero-order chi connectivity index (χ0) is 52.9. The van der Waals surface area contributed by atoms with Crippen LogP contribution in [0.1, 0.15) is 297 Å². The van der Waals surface area contributed by atoms with Crippen LogP contribution in [0.2, 0.25) is 0 Å². The fourth-order valence-corrected chi connectivity index (χ4v) is 9.77. The van der Waals surface area contributed by atoms with E-state index >= 15 is 0 Å². The van der Waals surface area contributed by atoms with Gasteiger partial charge in [0.15, 0.2) is 0 Å². The Hall–Kier alpha value is -1.77. The molecular formula is C62H120N2O7P+. The van der Waals surface area contributed by atoms with Gasteiger partial charge in [0.05, 0.1) is 33.8 Å². The van der Waals surface area contributed by atoms with E-state index in [1.165, 1.54) is 199 Å². The molecule has 3 unspecified atom stereocenters. The van der Waals surface area contributed by atoms with E-state index in [4.69, 9.17) is 13.8 Å². The molecule has 0 spiro atoms. The third-order valence-corrected chi connectivity index (χ3v) is 14.8. The summed E-state index contributed by atoms with van der Waals surface area (Å²) in [7, 11) is 1.50. The van der Waals surface area contributed by atoms with E-state index in [1.807, 2.05) is 33.3 Å². The van der Waals surface area contributed by atoms with E-state index in [0.29, 0.717) is 23.9 Å². The van der Waals surface area contributed by atoms with E-state index in [9.17, 15) is 19.0 Å². The lowest BCUT2D eigenvalue weighted by molar-refractivity contribution is -0.870. The Balaban J connectivity index is 5.27. The van der Waals surface area contributed by atoms with Crippen molar-refractivity contribution in [3.63, 3.8) is 0 Å². The first-order chi connectivity index (χ1) is 34.9. The van der Waals surface area contributed by atoms with Gasteiger partial charge >= 0.3 is 13.8 Å². The summed E-state index contributed by atoms with van der Waals surface area (Å²) < 4.78 is 30.7. The van der Waals surface area contributed by atoms with Crippen LogP contribution in [-0.2, 0) is 27.9 Å². The van der Waals surface area contributed by atoms with Gasteiger partial charge < -0.3 is 19.4 Å². The van der Waals surface area contributed by atoms with Gasteiger partial charge in [-0.3, -0.25) is 18.6 Å². The molecule has 0 radical (unpaired) electrons. The molecule has 0 saturated heterocycles. The minimum Gasteiger partial charge on any atom is -0.456 e.